The number of pyridine rings is 1. The number of H-pyrrole nitrogens is 2. The molecule has 12 nitrogen and oxygen atoms in total. The number of aromatic nitrogens is 5. The lowest BCUT2D eigenvalue weighted by Crippen LogP contribution is -2.45. The van der Waals surface area contributed by atoms with E-state index in [0.29, 0.717) is 38.4 Å². The molecule has 0 saturated carbocycles. The third-order valence-corrected chi connectivity index (χ3v) is 6.88. The van der Waals surface area contributed by atoms with E-state index >= 15 is 0 Å². The van der Waals surface area contributed by atoms with E-state index in [4.69, 9.17) is 21.3 Å². The highest BCUT2D eigenvalue weighted by Gasteiger charge is 2.22. The van der Waals surface area contributed by atoms with Crippen molar-refractivity contribution in [3.05, 3.63) is 60.0 Å². The number of ether oxygens (including phenoxy) is 1. The number of hydrogen-bond donors (Lipinski definition) is 5. The van der Waals surface area contributed by atoms with Gasteiger partial charge in [-0.1, -0.05) is 12.8 Å². The van der Waals surface area contributed by atoms with Crippen LogP contribution in [0.5, 0.6) is 0 Å². The summed E-state index contributed by atoms with van der Waals surface area (Å²) in [5, 5.41) is 9.71. The van der Waals surface area contributed by atoms with Crippen LogP contribution in [-0.2, 0) is 40.3 Å². The standard InChI is InChI=1S/C28H42ClN9O3/c1-38(2)24-10-22(37-23(11-24)17-34-26(28(40)41-3)13-21-15-31-19-36-21)16-33-25(12-20-14-30-18-35-20)27(39)32-9-7-5-4-6-8-29/h10-11,14-15,18-19,25-26,33-34H,4-9,12-13,16-17H2,1-3H3,(H,30,35)(H,31,36)(H,32,39)/t25-,26-/m0/s1. The molecule has 1 amide bonds. The summed E-state index contributed by atoms with van der Waals surface area (Å²) in [6, 6.07) is 2.92. The number of unbranched alkanes of at least 4 members (excludes halogenated alkanes) is 3. The van der Waals surface area contributed by atoms with Crippen molar-refractivity contribution in [2.24, 2.45) is 0 Å². The summed E-state index contributed by atoms with van der Waals surface area (Å²) in [6.45, 7) is 1.35. The Kier molecular flexibility index (Phi) is 13.6. The molecule has 3 heterocycles. The van der Waals surface area contributed by atoms with Crippen molar-refractivity contribution in [1.82, 2.24) is 40.9 Å². The molecule has 224 valence electrons. The predicted molar refractivity (Wildman–Crippen MR) is 159 cm³/mol. The molecular weight excluding hydrogens is 546 g/mol. The zero-order valence-electron chi connectivity index (χ0n) is 24.1. The maximum absolute atomic E-state index is 13.1. The average Bonchev–Trinajstić information content (AvgIpc) is 3.69. The zero-order valence-corrected chi connectivity index (χ0v) is 24.8. The number of rotatable bonds is 19. The van der Waals surface area contributed by atoms with Crippen LogP contribution in [-0.4, -0.2) is 82.5 Å². The van der Waals surface area contributed by atoms with Crippen molar-refractivity contribution in [3.8, 4) is 0 Å². The van der Waals surface area contributed by atoms with Crippen LogP contribution in [0.2, 0.25) is 0 Å². The molecule has 0 aliphatic carbocycles. The third kappa shape index (κ3) is 11.1. The minimum atomic E-state index is -0.566. The summed E-state index contributed by atoms with van der Waals surface area (Å²) in [5.74, 6) is 0.236. The molecule has 0 saturated heterocycles. The summed E-state index contributed by atoms with van der Waals surface area (Å²) >= 11 is 5.75. The first-order valence-corrected chi connectivity index (χ1v) is 14.4. The molecule has 0 unspecified atom stereocenters. The SMILES string of the molecule is COC(=O)[C@H](Cc1cnc[nH]1)NCc1cc(N(C)C)cc(CN[C@@H](Cc2cnc[nH]2)C(=O)NCCCCCCCl)n1. The molecule has 3 aromatic rings. The topological polar surface area (TPSA) is 153 Å². The van der Waals surface area contributed by atoms with Crippen LogP contribution in [0.4, 0.5) is 5.69 Å². The van der Waals surface area contributed by atoms with Gasteiger partial charge in [0.15, 0.2) is 0 Å². The van der Waals surface area contributed by atoms with E-state index in [1.165, 1.54) is 7.11 Å². The largest absolute Gasteiger partial charge is 0.468 e. The second-order valence-corrected chi connectivity index (χ2v) is 10.4. The monoisotopic (exact) mass is 587 g/mol. The predicted octanol–water partition coefficient (Wildman–Crippen LogP) is 2.08. The van der Waals surface area contributed by atoms with E-state index in [1.807, 2.05) is 31.1 Å². The first-order valence-electron chi connectivity index (χ1n) is 13.9. The van der Waals surface area contributed by atoms with E-state index in [9.17, 15) is 9.59 Å². The zero-order chi connectivity index (χ0) is 29.5. The number of amides is 1. The molecule has 13 heteroatoms. The lowest BCUT2D eigenvalue weighted by Gasteiger charge is -2.20. The number of methoxy groups -OCH3 is 1. The van der Waals surface area contributed by atoms with Crippen molar-refractivity contribution in [2.75, 3.05) is 38.5 Å². The number of nitrogens with one attached hydrogen (secondary N) is 5. The highest BCUT2D eigenvalue weighted by atomic mass is 35.5. The normalized spacial score (nSPS) is 12.6. The average molecular weight is 588 g/mol. The summed E-state index contributed by atoms with van der Waals surface area (Å²) in [4.78, 5) is 46.5. The lowest BCUT2D eigenvalue weighted by atomic mass is 10.1. The van der Waals surface area contributed by atoms with E-state index in [0.717, 1.165) is 54.1 Å². The molecule has 0 aromatic carbocycles. The molecule has 0 spiro atoms. The molecular formula is C28H42ClN9O3. The van der Waals surface area contributed by atoms with Gasteiger partial charge in [0.2, 0.25) is 5.91 Å². The minimum absolute atomic E-state index is 0.0673. The fourth-order valence-corrected chi connectivity index (χ4v) is 4.49. The Hall–Kier alpha value is -3.48. The molecule has 0 aliphatic heterocycles. The fraction of sp³-hybridized carbons (Fsp3) is 0.536. The van der Waals surface area contributed by atoms with Crippen molar-refractivity contribution < 1.29 is 14.3 Å². The number of anilines is 1. The number of halogens is 1. The van der Waals surface area contributed by atoms with Gasteiger partial charge in [0.1, 0.15) is 6.04 Å². The fourth-order valence-electron chi connectivity index (χ4n) is 4.31. The van der Waals surface area contributed by atoms with E-state index in [1.54, 1.807) is 25.0 Å². The molecule has 3 rings (SSSR count). The highest BCUT2D eigenvalue weighted by molar-refractivity contribution is 6.17. The lowest BCUT2D eigenvalue weighted by molar-refractivity contribution is -0.143. The number of imidazole rings is 2. The molecule has 5 N–H and O–H groups in total. The Bertz CT molecular complexity index is 1170. The van der Waals surface area contributed by atoms with Gasteiger partial charge in [0.05, 0.1) is 37.2 Å². The Morgan fingerprint density at radius 2 is 1.51 bits per heavy atom. The Labute approximate surface area is 246 Å². The summed E-state index contributed by atoms with van der Waals surface area (Å²) in [6.07, 6.45) is 11.5. The van der Waals surface area contributed by atoms with Crippen LogP contribution >= 0.6 is 11.6 Å². The summed E-state index contributed by atoms with van der Waals surface area (Å²) < 4.78 is 4.99. The van der Waals surface area contributed by atoms with Crippen molar-refractivity contribution in [2.45, 2.75) is 63.7 Å². The van der Waals surface area contributed by atoms with Gasteiger partial charge in [0.25, 0.3) is 0 Å². The van der Waals surface area contributed by atoms with Crippen molar-refractivity contribution in [3.63, 3.8) is 0 Å². The second kappa shape index (κ2) is 17.4. The number of hydrogen-bond acceptors (Lipinski definition) is 9. The number of esters is 1. The molecule has 3 aromatic heterocycles. The molecule has 2 atom stereocenters. The van der Waals surface area contributed by atoms with Gasteiger partial charge >= 0.3 is 5.97 Å². The number of nitrogens with zero attached hydrogens (tertiary/aromatic N) is 4. The van der Waals surface area contributed by atoms with Crippen LogP contribution in [0.1, 0.15) is 48.5 Å². The van der Waals surface area contributed by atoms with E-state index in [2.05, 4.69) is 35.9 Å². The maximum atomic E-state index is 13.1. The maximum Gasteiger partial charge on any atom is 0.323 e. The van der Waals surface area contributed by atoms with Crippen molar-refractivity contribution >= 4 is 29.2 Å². The van der Waals surface area contributed by atoms with Crippen LogP contribution in [0.3, 0.4) is 0 Å². The highest BCUT2D eigenvalue weighted by Crippen LogP contribution is 2.16. The molecule has 41 heavy (non-hydrogen) atoms. The Balaban J connectivity index is 1.66. The quantitative estimate of drug-likeness (QED) is 0.0806. The van der Waals surface area contributed by atoms with E-state index < -0.39 is 12.1 Å². The second-order valence-electron chi connectivity index (χ2n) is 10.0. The van der Waals surface area contributed by atoms with Crippen LogP contribution < -0.4 is 20.9 Å². The molecule has 0 bridgehead atoms. The Morgan fingerprint density at radius 3 is 2.05 bits per heavy atom. The van der Waals surface area contributed by atoms with Gasteiger partial charge in [0, 0.05) is 81.9 Å². The van der Waals surface area contributed by atoms with Gasteiger partial charge in [-0.2, -0.15) is 0 Å². The smallest absolute Gasteiger partial charge is 0.323 e. The van der Waals surface area contributed by atoms with Gasteiger partial charge < -0.3 is 24.9 Å². The van der Waals surface area contributed by atoms with Crippen molar-refractivity contribution in [1.29, 1.82) is 0 Å². The number of aromatic amines is 2. The van der Waals surface area contributed by atoms with Gasteiger partial charge in [-0.05, 0) is 25.0 Å². The Morgan fingerprint density at radius 1 is 0.927 bits per heavy atom. The molecule has 0 radical (unpaired) electrons. The number of carbonyl (C=O) groups is 2. The van der Waals surface area contributed by atoms with Gasteiger partial charge in [-0.25, -0.2) is 9.97 Å². The van der Waals surface area contributed by atoms with Crippen LogP contribution in [0, 0.1) is 0 Å². The van der Waals surface area contributed by atoms with E-state index in [-0.39, 0.29) is 11.9 Å². The first kappa shape index (κ1) is 32.0. The summed E-state index contributed by atoms with van der Waals surface area (Å²) in [7, 11) is 5.29. The van der Waals surface area contributed by atoms with Gasteiger partial charge in [-0.3, -0.25) is 25.2 Å². The summed E-state index contributed by atoms with van der Waals surface area (Å²) in [5.41, 5.74) is 4.19. The molecule has 0 fully saturated rings. The third-order valence-electron chi connectivity index (χ3n) is 6.61. The van der Waals surface area contributed by atoms with Crippen LogP contribution in [0.25, 0.3) is 0 Å². The van der Waals surface area contributed by atoms with Gasteiger partial charge in [-0.15, -0.1) is 11.6 Å². The van der Waals surface area contributed by atoms with Crippen LogP contribution in [0.15, 0.2) is 37.2 Å². The first-order chi connectivity index (χ1) is 19.9. The molecule has 0 aliphatic rings. The number of carbonyl (C=O) groups excluding carboxylic acids is 2. The number of alkyl halides is 1. The minimum Gasteiger partial charge on any atom is -0.468 e.